The Bertz CT molecular complexity index is 273. The molecule has 0 aliphatic carbocycles. The summed E-state index contributed by atoms with van der Waals surface area (Å²) in [4.78, 5) is 0. The predicted octanol–water partition coefficient (Wildman–Crippen LogP) is 0.846. The van der Waals surface area contributed by atoms with Crippen LogP contribution in [0.5, 0.6) is 0 Å². The standard InChI is InChI=1S/C7H6F3N/c8-5-1-2-6(9)7(10)4(5)3-11/h1-2H,3,11H2/p+1. The second-order valence-electron chi connectivity index (χ2n) is 2.07. The topological polar surface area (TPSA) is 27.6 Å². The summed E-state index contributed by atoms with van der Waals surface area (Å²) < 4.78 is 37.6. The van der Waals surface area contributed by atoms with Crippen LogP contribution in [-0.2, 0) is 6.54 Å². The lowest BCUT2D eigenvalue weighted by molar-refractivity contribution is -0.387. The molecule has 0 bridgehead atoms. The van der Waals surface area contributed by atoms with Crippen LogP contribution < -0.4 is 5.73 Å². The van der Waals surface area contributed by atoms with Gasteiger partial charge in [-0.1, -0.05) is 0 Å². The molecule has 0 radical (unpaired) electrons. The highest BCUT2D eigenvalue weighted by molar-refractivity contribution is 5.19. The molecular formula is C7H7F3N+. The SMILES string of the molecule is [NH3+]Cc1c(F)ccc(F)c1F. The lowest BCUT2D eigenvalue weighted by Crippen LogP contribution is -2.48. The first-order valence-electron chi connectivity index (χ1n) is 3.08. The first-order chi connectivity index (χ1) is 5.16. The zero-order chi connectivity index (χ0) is 8.43. The highest BCUT2D eigenvalue weighted by atomic mass is 19.2. The van der Waals surface area contributed by atoms with Crippen LogP contribution >= 0.6 is 0 Å². The number of quaternary nitrogens is 1. The van der Waals surface area contributed by atoms with Crippen molar-refractivity contribution < 1.29 is 18.9 Å². The van der Waals surface area contributed by atoms with E-state index in [1.54, 1.807) is 0 Å². The Morgan fingerprint density at radius 3 is 2.09 bits per heavy atom. The smallest absolute Gasteiger partial charge is 0.170 e. The average molecular weight is 162 g/mol. The molecule has 4 heteroatoms. The largest absolute Gasteiger partial charge is 0.354 e. The molecule has 0 spiro atoms. The molecule has 60 valence electrons. The van der Waals surface area contributed by atoms with Gasteiger partial charge in [0.15, 0.2) is 11.6 Å². The molecule has 1 aromatic carbocycles. The first-order valence-corrected chi connectivity index (χ1v) is 3.08. The van der Waals surface area contributed by atoms with Crippen molar-refractivity contribution in [3.05, 3.63) is 35.1 Å². The second kappa shape index (κ2) is 2.92. The number of halogens is 3. The highest BCUT2D eigenvalue weighted by Gasteiger charge is 2.12. The Morgan fingerprint density at radius 2 is 1.64 bits per heavy atom. The van der Waals surface area contributed by atoms with Crippen LogP contribution in [0, 0.1) is 17.5 Å². The highest BCUT2D eigenvalue weighted by Crippen LogP contribution is 2.13. The maximum absolute atomic E-state index is 12.6. The van der Waals surface area contributed by atoms with E-state index in [9.17, 15) is 13.2 Å². The molecule has 0 aliphatic rings. The van der Waals surface area contributed by atoms with E-state index in [-0.39, 0.29) is 12.1 Å². The van der Waals surface area contributed by atoms with E-state index in [4.69, 9.17) is 0 Å². The third-order valence-corrected chi connectivity index (χ3v) is 1.39. The van der Waals surface area contributed by atoms with Crippen molar-refractivity contribution in [2.45, 2.75) is 6.54 Å². The quantitative estimate of drug-likeness (QED) is 0.593. The third-order valence-electron chi connectivity index (χ3n) is 1.39. The van der Waals surface area contributed by atoms with Gasteiger partial charge in [-0.05, 0) is 12.1 Å². The van der Waals surface area contributed by atoms with Crippen LogP contribution in [0.2, 0.25) is 0 Å². The molecule has 1 rings (SSSR count). The third kappa shape index (κ3) is 1.35. The van der Waals surface area contributed by atoms with Gasteiger partial charge in [0.1, 0.15) is 12.4 Å². The average Bonchev–Trinajstić information content (AvgIpc) is 1.99. The van der Waals surface area contributed by atoms with E-state index >= 15 is 0 Å². The van der Waals surface area contributed by atoms with E-state index in [0.29, 0.717) is 0 Å². The minimum absolute atomic E-state index is 0.0879. The molecule has 0 fully saturated rings. The summed E-state index contributed by atoms with van der Waals surface area (Å²) in [6, 6.07) is 1.64. The van der Waals surface area contributed by atoms with Crippen LogP contribution in [-0.4, -0.2) is 0 Å². The minimum atomic E-state index is -1.14. The van der Waals surface area contributed by atoms with Gasteiger partial charge in [0, 0.05) is 0 Å². The maximum Gasteiger partial charge on any atom is 0.170 e. The lowest BCUT2D eigenvalue weighted by Gasteiger charge is -1.99. The van der Waals surface area contributed by atoms with Crippen LogP contribution in [0.4, 0.5) is 13.2 Å². The molecule has 1 aromatic rings. The Morgan fingerprint density at radius 1 is 1.09 bits per heavy atom. The number of rotatable bonds is 1. The summed E-state index contributed by atoms with van der Waals surface area (Å²) in [6.45, 7) is -0.0879. The molecule has 0 saturated carbocycles. The summed E-state index contributed by atoms with van der Waals surface area (Å²) in [7, 11) is 0. The Balaban J connectivity index is 3.29. The fraction of sp³-hybridized carbons (Fsp3) is 0.143. The van der Waals surface area contributed by atoms with Gasteiger partial charge in [-0.3, -0.25) is 0 Å². The van der Waals surface area contributed by atoms with Crippen LogP contribution in [0.3, 0.4) is 0 Å². The van der Waals surface area contributed by atoms with E-state index in [0.717, 1.165) is 12.1 Å². The zero-order valence-electron chi connectivity index (χ0n) is 5.70. The normalized spacial score (nSPS) is 10.2. The molecule has 1 nitrogen and oxygen atoms in total. The van der Waals surface area contributed by atoms with Gasteiger partial charge in [0.05, 0.1) is 5.56 Å². The van der Waals surface area contributed by atoms with Crippen molar-refractivity contribution in [1.82, 2.24) is 0 Å². The van der Waals surface area contributed by atoms with E-state index in [1.807, 2.05) is 0 Å². The molecular weight excluding hydrogens is 155 g/mol. The van der Waals surface area contributed by atoms with E-state index in [2.05, 4.69) is 5.73 Å². The van der Waals surface area contributed by atoms with Crippen LogP contribution in [0.25, 0.3) is 0 Å². The molecule has 0 heterocycles. The maximum atomic E-state index is 12.6. The van der Waals surface area contributed by atoms with E-state index < -0.39 is 17.5 Å². The first kappa shape index (κ1) is 8.07. The summed E-state index contributed by atoms with van der Waals surface area (Å²) >= 11 is 0. The zero-order valence-corrected chi connectivity index (χ0v) is 5.70. The van der Waals surface area contributed by atoms with Gasteiger partial charge < -0.3 is 5.73 Å². The van der Waals surface area contributed by atoms with Gasteiger partial charge in [-0.2, -0.15) is 0 Å². The predicted molar refractivity (Wildman–Crippen MR) is 32.9 cm³/mol. The van der Waals surface area contributed by atoms with Crippen molar-refractivity contribution in [2.75, 3.05) is 0 Å². The van der Waals surface area contributed by atoms with Gasteiger partial charge in [0.25, 0.3) is 0 Å². The van der Waals surface area contributed by atoms with Crippen molar-refractivity contribution >= 4 is 0 Å². The summed E-state index contributed by atoms with van der Waals surface area (Å²) in [5, 5.41) is 0. The number of hydrogen-bond donors (Lipinski definition) is 1. The van der Waals surface area contributed by atoms with Crippen molar-refractivity contribution in [2.24, 2.45) is 0 Å². The molecule has 3 N–H and O–H groups in total. The summed E-state index contributed by atoms with van der Waals surface area (Å²) in [5.41, 5.74) is 2.97. The molecule has 0 unspecified atom stereocenters. The second-order valence-corrected chi connectivity index (χ2v) is 2.07. The lowest BCUT2D eigenvalue weighted by atomic mass is 10.2. The summed E-state index contributed by atoms with van der Waals surface area (Å²) in [6.07, 6.45) is 0. The van der Waals surface area contributed by atoms with Gasteiger partial charge in [-0.15, -0.1) is 0 Å². The molecule has 0 aliphatic heterocycles. The van der Waals surface area contributed by atoms with Crippen molar-refractivity contribution in [1.29, 1.82) is 0 Å². The monoisotopic (exact) mass is 162 g/mol. The van der Waals surface area contributed by atoms with E-state index in [1.165, 1.54) is 0 Å². The van der Waals surface area contributed by atoms with Gasteiger partial charge in [0.2, 0.25) is 0 Å². The fourth-order valence-corrected chi connectivity index (χ4v) is 0.798. The number of benzene rings is 1. The Labute approximate surface area is 61.6 Å². The minimum Gasteiger partial charge on any atom is -0.354 e. The fourth-order valence-electron chi connectivity index (χ4n) is 0.798. The van der Waals surface area contributed by atoms with Crippen LogP contribution in [0.15, 0.2) is 12.1 Å². The molecule has 0 aromatic heterocycles. The van der Waals surface area contributed by atoms with Gasteiger partial charge >= 0.3 is 0 Å². The number of hydrogen-bond acceptors (Lipinski definition) is 0. The molecule has 0 saturated heterocycles. The molecule has 0 amide bonds. The Kier molecular flexibility index (Phi) is 2.14. The molecule has 11 heavy (non-hydrogen) atoms. The summed E-state index contributed by atoms with van der Waals surface area (Å²) in [5.74, 6) is -2.93. The van der Waals surface area contributed by atoms with Crippen molar-refractivity contribution in [3.63, 3.8) is 0 Å². The van der Waals surface area contributed by atoms with Crippen LogP contribution in [0.1, 0.15) is 5.56 Å². The van der Waals surface area contributed by atoms with Crippen molar-refractivity contribution in [3.8, 4) is 0 Å². The molecule has 0 atom stereocenters. The van der Waals surface area contributed by atoms with Gasteiger partial charge in [-0.25, -0.2) is 13.2 Å². The Hall–Kier alpha value is -1.03.